The second kappa shape index (κ2) is 3.08. The van der Waals surface area contributed by atoms with Crippen molar-refractivity contribution in [1.29, 1.82) is 0 Å². The molecule has 1 aromatic rings. The van der Waals surface area contributed by atoms with Crippen LogP contribution in [-0.2, 0) is 11.2 Å². The molecule has 78 valence electrons. The number of rotatable bonds is 1. The fraction of sp³-hybridized carbons (Fsp3) is 0.417. The van der Waals surface area contributed by atoms with Crippen LogP contribution in [0.5, 0.6) is 0 Å². The van der Waals surface area contributed by atoms with E-state index in [1.807, 2.05) is 4.90 Å². The van der Waals surface area contributed by atoms with Gasteiger partial charge in [0.2, 0.25) is 5.91 Å². The summed E-state index contributed by atoms with van der Waals surface area (Å²) in [6.07, 6.45) is 2.89. The zero-order valence-corrected chi connectivity index (χ0v) is 10.2. The smallest absolute Gasteiger partial charge is 0.231 e. The van der Waals surface area contributed by atoms with E-state index in [0.29, 0.717) is 12.5 Å². The fourth-order valence-corrected chi connectivity index (χ4v) is 2.70. The Labute approximate surface area is 97.4 Å². The summed E-state index contributed by atoms with van der Waals surface area (Å²) in [5, 5.41) is 0. The first-order valence-electron chi connectivity index (χ1n) is 5.28. The fourth-order valence-electron chi connectivity index (χ4n) is 2.23. The second-order valence-electron chi connectivity index (χ2n) is 4.37. The Hall–Kier alpha value is -0.830. The van der Waals surface area contributed by atoms with E-state index in [0.717, 1.165) is 23.0 Å². The van der Waals surface area contributed by atoms with Crippen LogP contribution in [0.3, 0.4) is 0 Å². The molecule has 15 heavy (non-hydrogen) atoms. The number of aryl methyl sites for hydroxylation is 1. The predicted molar refractivity (Wildman–Crippen MR) is 63.1 cm³/mol. The minimum Gasteiger partial charge on any atom is -0.309 e. The van der Waals surface area contributed by atoms with Crippen LogP contribution < -0.4 is 4.90 Å². The predicted octanol–water partition coefficient (Wildman–Crippen LogP) is 2.81. The van der Waals surface area contributed by atoms with Gasteiger partial charge in [0.1, 0.15) is 0 Å². The molecule has 0 aromatic heterocycles. The number of hydrogen-bond donors (Lipinski definition) is 0. The van der Waals surface area contributed by atoms with Crippen molar-refractivity contribution in [3.63, 3.8) is 0 Å². The number of amides is 1. The van der Waals surface area contributed by atoms with Gasteiger partial charge < -0.3 is 4.90 Å². The van der Waals surface area contributed by atoms with E-state index >= 15 is 0 Å². The van der Waals surface area contributed by atoms with Gasteiger partial charge in [-0.15, -0.1) is 0 Å². The third-order valence-electron chi connectivity index (χ3n) is 3.18. The molecule has 2 nitrogen and oxygen atoms in total. The van der Waals surface area contributed by atoms with Crippen molar-refractivity contribution >= 4 is 27.5 Å². The van der Waals surface area contributed by atoms with Crippen molar-refractivity contribution in [1.82, 2.24) is 0 Å². The highest BCUT2D eigenvalue weighted by molar-refractivity contribution is 9.10. The van der Waals surface area contributed by atoms with Crippen LogP contribution in [0.2, 0.25) is 0 Å². The Morgan fingerprint density at radius 1 is 1.40 bits per heavy atom. The zero-order valence-electron chi connectivity index (χ0n) is 8.59. The van der Waals surface area contributed by atoms with Crippen LogP contribution in [0.4, 0.5) is 5.69 Å². The van der Waals surface area contributed by atoms with Gasteiger partial charge in [-0.2, -0.15) is 0 Å². The van der Waals surface area contributed by atoms with E-state index in [1.165, 1.54) is 11.1 Å². The lowest BCUT2D eigenvalue weighted by Crippen LogP contribution is -2.28. The quantitative estimate of drug-likeness (QED) is 0.765. The normalized spacial score (nSPS) is 19.6. The van der Waals surface area contributed by atoms with Gasteiger partial charge in [0.25, 0.3) is 0 Å². The summed E-state index contributed by atoms with van der Waals surface area (Å²) in [4.78, 5) is 13.9. The molecular weight excluding hydrogens is 254 g/mol. The Morgan fingerprint density at radius 2 is 2.13 bits per heavy atom. The van der Waals surface area contributed by atoms with Gasteiger partial charge in [0.05, 0.1) is 6.42 Å². The minimum absolute atomic E-state index is 0.263. The lowest BCUT2D eigenvalue weighted by Gasteiger charge is -2.16. The van der Waals surface area contributed by atoms with E-state index in [4.69, 9.17) is 0 Å². The van der Waals surface area contributed by atoms with E-state index in [-0.39, 0.29) is 5.91 Å². The zero-order chi connectivity index (χ0) is 10.6. The highest BCUT2D eigenvalue weighted by Gasteiger charge is 2.39. The lowest BCUT2D eigenvalue weighted by atomic mass is 10.1. The molecule has 1 amide bonds. The topological polar surface area (TPSA) is 20.3 Å². The molecule has 1 aliphatic heterocycles. The molecule has 1 heterocycles. The van der Waals surface area contributed by atoms with E-state index < -0.39 is 0 Å². The Morgan fingerprint density at radius 3 is 2.80 bits per heavy atom. The van der Waals surface area contributed by atoms with Crippen molar-refractivity contribution in [2.24, 2.45) is 0 Å². The highest BCUT2D eigenvalue weighted by Crippen LogP contribution is 2.42. The number of nitrogens with zero attached hydrogens (tertiary/aromatic N) is 1. The van der Waals surface area contributed by atoms with Crippen molar-refractivity contribution in [2.75, 3.05) is 4.90 Å². The highest BCUT2D eigenvalue weighted by atomic mass is 79.9. The standard InChI is InChI=1S/C12H12BrNO/c1-7-2-5-10-9(12(7)13)6-11(15)14(10)8-3-4-8/h2,5,8H,3-4,6H2,1H3. The third-order valence-corrected chi connectivity index (χ3v) is 4.28. The second-order valence-corrected chi connectivity index (χ2v) is 5.16. The van der Waals surface area contributed by atoms with Crippen molar-refractivity contribution < 1.29 is 4.79 Å². The summed E-state index contributed by atoms with van der Waals surface area (Å²) in [6.45, 7) is 2.06. The summed E-state index contributed by atoms with van der Waals surface area (Å²) in [6, 6.07) is 4.64. The van der Waals surface area contributed by atoms with Gasteiger partial charge in [-0.25, -0.2) is 0 Å². The molecule has 0 atom stereocenters. The van der Waals surface area contributed by atoms with Crippen molar-refractivity contribution in [2.45, 2.75) is 32.2 Å². The Bertz CT molecular complexity index is 451. The lowest BCUT2D eigenvalue weighted by molar-refractivity contribution is -0.117. The first-order valence-corrected chi connectivity index (χ1v) is 6.08. The van der Waals surface area contributed by atoms with Crippen LogP contribution in [0.1, 0.15) is 24.0 Å². The van der Waals surface area contributed by atoms with Crippen LogP contribution in [0.15, 0.2) is 16.6 Å². The maximum Gasteiger partial charge on any atom is 0.231 e. The molecular formula is C12H12BrNO. The summed E-state index contributed by atoms with van der Waals surface area (Å²) >= 11 is 3.58. The summed E-state index contributed by atoms with van der Waals surface area (Å²) in [5.41, 5.74) is 3.51. The Balaban J connectivity index is 2.13. The van der Waals surface area contributed by atoms with Gasteiger partial charge in [0, 0.05) is 16.2 Å². The van der Waals surface area contributed by atoms with Crippen LogP contribution in [-0.4, -0.2) is 11.9 Å². The van der Waals surface area contributed by atoms with Crippen LogP contribution >= 0.6 is 15.9 Å². The molecule has 3 heteroatoms. The average Bonchev–Trinajstić information content (AvgIpc) is 2.97. The summed E-state index contributed by atoms with van der Waals surface area (Å²) < 4.78 is 1.11. The SMILES string of the molecule is Cc1ccc2c(c1Br)CC(=O)N2C1CC1. The van der Waals surface area contributed by atoms with Crippen LogP contribution in [0, 0.1) is 6.92 Å². The summed E-state index contributed by atoms with van der Waals surface area (Å²) in [7, 11) is 0. The molecule has 1 saturated carbocycles. The van der Waals surface area contributed by atoms with E-state index in [2.05, 4.69) is 35.0 Å². The molecule has 0 unspecified atom stereocenters. The molecule has 0 saturated heterocycles. The van der Waals surface area contributed by atoms with Gasteiger partial charge >= 0.3 is 0 Å². The number of benzene rings is 1. The molecule has 1 aromatic carbocycles. The molecule has 1 fully saturated rings. The van der Waals surface area contributed by atoms with Crippen LogP contribution in [0.25, 0.3) is 0 Å². The first kappa shape index (κ1) is 9.40. The van der Waals surface area contributed by atoms with Gasteiger partial charge in [-0.05, 0) is 37.0 Å². The monoisotopic (exact) mass is 265 g/mol. The molecule has 0 bridgehead atoms. The number of hydrogen-bond acceptors (Lipinski definition) is 1. The van der Waals surface area contributed by atoms with Crippen molar-refractivity contribution in [3.8, 4) is 0 Å². The molecule has 0 N–H and O–H groups in total. The Kier molecular flexibility index (Phi) is 1.93. The third kappa shape index (κ3) is 1.33. The van der Waals surface area contributed by atoms with E-state index in [1.54, 1.807) is 0 Å². The average molecular weight is 266 g/mol. The largest absolute Gasteiger partial charge is 0.309 e. The first-order chi connectivity index (χ1) is 7.18. The number of carbonyl (C=O) groups is 1. The van der Waals surface area contributed by atoms with Crippen molar-refractivity contribution in [3.05, 3.63) is 27.7 Å². The number of halogens is 1. The van der Waals surface area contributed by atoms with Gasteiger partial charge in [-0.3, -0.25) is 4.79 Å². The molecule has 1 aliphatic carbocycles. The number of carbonyl (C=O) groups excluding carboxylic acids is 1. The van der Waals surface area contributed by atoms with Gasteiger partial charge in [0.15, 0.2) is 0 Å². The maximum atomic E-state index is 11.9. The molecule has 0 radical (unpaired) electrons. The number of anilines is 1. The van der Waals surface area contributed by atoms with Gasteiger partial charge in [-0.1, -0.05) is 22.0 Å². The molecule has 2 aliphatic rings. The molecule has 3 rings (SSSR count). The molecule has 0 spiro atoms. The maximum absolute atomic E-state index is 11.9. The summed E-state index contributed by atoms with van der Waals surface area (Å²) in [5.74, 6) is 0.263. The number of fused-ring (bicyclic) bond motifs is 1. The van der Waals surface area contributed by atoms with E-state index in [9.17, 15) is 4.79 Å². The minimum atomic E-state index is 0.263.